The highest BCUT2D eigenvalue weighted by atomic mass is 19.4. The SMILES string of the molecule is COc1cc(C2N=C(NC#N)Nc3nc(N)c(C#N)c(N)c32)c(F)c(C(F)(F)F)c1. The van der Waals surface area contributed by atoms with Gasteiger partial charge in [-0.2, -0.15) is 23.7 Å². The van der Waals surface area contributed by atoms with E-state index in [4.69, 9.17) is 21.5 Å². The summed E-state index contributed by atoms with van der Waals surface area (Å²) in [5.74, 6) is -2.50. The summed E-state index contributed by atoms with van der Waals surface area (Å²) in [6, 6.07) is 1.77. The number of fused-ring (bicyclic) bond motifs is 1. The Balaban J connectivity index is 2.36. The van der Waals surface area contributed by atoms with E-state index in [1.165, 1.54) is 0 Å². The molecule has 13 heteroatoms. The Hall–Kier alpha value is -4.26. The first-order valence-corrected chi connectivity index (χ1v) is 8.05. The second-order valence-corrected chi connectivity index (χ2v) is 5.98. The van der Waals surface area contributed by atoms with Crippen molar-refractivity contribution in [3.05, 3.63) is 40.2 Å². The maximum Gasteiger partial charge on any atom is 0.419 e. The number of rotatable bonds is 2. The van der Waals surface area contributed by atoms with Crippen LogP contribution in [0.2, 0.25) is 0 Å². The standard InChI is InChI=1S/C17H12F4N8O/c1-30-6-2-7(11(18)9(3-6)17(19,20)21)13-10-12(24)8(4-22)14(25)28-15(10)29-16(27-13)26-5-23/h2-3,13H,1H3,(H6,24,25,26,27,28,29). The first-order chi connectivity index (χ1) is 14.1. The van der Waals surface area contributed by atoms with E-state index in [1.807, 2.05) is 0 Å². The lowest BCUT2D eigenvalue weighted by atomic mass is 9.93. The van der Waals surface area contributed by atoms with Gasteiger partial charge < -0.3 is 21.5 Å². The lowest BCUT2D eigenvalue weighted by Gasteiger charge is -2.27. The largest absolute Gasteiger partial charge is 0.497 e. The molecular weight excluding hydrogens is 408 g/mol. The number of ether oxygens (including phenoxy) is 1. The van der Waals surface area contributed by atoms with Crippen LogP contribution in [0, 0.1) is 28.6 Å². The van der Waals surface area contributed by atoms with Crippen LogP contribution in [0.15, 0.2) is 17.1 Å². The number of alkyl halides is 3. The fourth-order valence-corrected chi connectivity index (χ4v) is 2.95. The van der Waals surface area contributed by atoms with Crippen LogP contribution < -0.4 is 26.8 Å². The molecule has 1 aliphatic heterocycles. The number of nitrogens with zero attached hydrogens (tertiary/aromatic N) is 4. The monoisotopic (exact) mass is 420 g/mol. The number of nitrogens with one attached hydrogen (secondary N) is 2. The number of anilines is 3. The van der Waals surface area contributed by atoms with Crippen molar-refractivity contribution in [3.63, 3.8) is 0 Å². The van der Waals surface area contributed by atoms with Crippen LogP contribution in [0.25, 0.3) is 0 Å². The van der Waals surface area contributed by atoms with Crippen LogP contribution in [-0.4, -0.2) is 18.1 Å². The van der Waals surface area contributed by atoms with Gasteiger partial charge in [0, 0.05) is 11.1 Å². The molecule has 2 heterocycles. The molecule has 0 spiro atoms. The predicted molar refractivity (Wildman–Crippen MR) is 97.4 cm³/mol. The highest BCUT2D eigenvalue weighted by Gasteiger charge is 2.39. The zero-order chi connectivity index (χ0) is 22.2. The van der Waals surface area contributed by atoms with E-state index in [2.05, 4.69) is 20.6 Å². The van der Waals surface area contributed by atoms with Gasteiger partial charge in [-0.25, -0.2) is 14.4 Å². The average Bonchev–Trinajstić information content (AvgIpc) is 2.67. The van der Waals surface area contributed by atoms with Gasteiger partial charge in [0.1, 0.15) is 40.9 Å². The molecule has 0 saturated carbocycles. The molecule has 1 aromatic heterocycles. The van der Waals surface area contributed by atoms with Crippen molar-refractivity contribution >= 4 is 23.3 Å². The van der Waals surface area contributed by atoms with E-state index in [9.17, 15) is 22.8 Å². The Morgan fingerprint density at radius 3 is 2.53 bits per heavy atom. The number of halogens is 4. The lowest BCUT2D eigenvalue weighted by molar-refractivity contribution is -0.140. The van der Waals surface area contributed by atoms with Crippen LogP contribution in [0.1, 0.15) is 28.3 Å². The molecule has 0 aliphatic carbocycles. The van der Waals surface area contributed by atoms with Crippen molar-refractivity contribution in [3.8, 4) is 18.0 Å². The normalized spacial score (nSPS) is 15.2. The number of nitrogens with two attached hydrogens (primary N) is 2. The molecule has 3 rings (SSSR count). The molecule has 154 valence electrons. The lowest BCUT2D eigenvalue weighted by Crippen LogP contribution is -2.33. The number of methoxy groups -OCH3 is 1. The Morgan fingerprint density at radius 2 is 1.97 bits per heavy atom. The fourth-order valence-electron chi connectivity index (χ4n) is 2.95. The van der Waals surface area contributed by atoms with E-state index >= 15 is 0 Å². The number of hydrogen-bond acceptors (Lipinski definition) is 9. The first kappa shape index (κ1) is 20.5. The van der Waals surface area contributed by atoms with Gasteiger partial charge in [0.25, 0.3) is 0 Å². The van der Waals surface area contributed by atoms with Gasteiger partial charge in [0.2, 0.25) is 5.96 Å². The number of guanidine groups is 1. The summed E-state index contributed by atoms with van der Waals surface area (Å²) < 4.78 is 59.9. The molecule has 2 aromatic rings. The van der Waals surface area contributed by atoms with Crippen molar-refractivity contribution in [1.82, 2.24) is 10.3 Å². The Kier molecular flexibility index (Phi) is 4.97. The minimum absolute atomic E-state index is 0.0792. The molecule has 1 atom stereocenters. The summed E-state index contributed by atoms with van der Waals surface area (Å²) in [6.07, 6.45) is -3.44. The molecular formula is C17H12F4N8O. The van der Waals surface area contributed by atoms with Gasteiger partial charge in [-0.05, 0) is 12.1 Å². The van der Waals surface area contributed by atoms with Crippen LogP contribution in [0.3, 0.4) is 0 Å². The van der Waals surface area contributed by atoms with Gasteiger partial charge in [0.15, 0.2) is 6.19 Å². The topological polar surface area (TPSA) is 158 Å². The number of hydrogen-bond donors (Lipinski definition) is 4. The first-order valence-electron chi connectivity index (χ1n) is 8.05. The number of pyridine rings is 1. The molecule has 0 saturated heterocycles. The molecule has 9 nitrogen and oxygen atoms in total. The Morgan fingerprint density at radius 1 is 1.27 bits per heavy atom. The zero-order valence-electron chi connectivity index (χ0n) is 15.1. The summed E-state index contributed by atoms with van der Waals surface area (Å²) in [5.41, 5.74) is 8.99. The molecule has 0 radical (unpaired) electrons. The maximum atomic E-state index is 15.0. The summed E-state index contributed by atoms with van der Waals surface area (Å²) >= 11 is 0. The van der Waals surface area contributed by atoms with Crippen LogP contribution in [-0.2, 0) is 6.18 Å². The molecule has 0 bridgehead atoms. The van der Waals surface area contributed by atoms with Gasteiger partial charge in [-0.15, -0.1) is 0 Å². The smallest absolute Gasteiger partial charge is 0.419 e. The van der Waals surface area contributed by atoms with Crippen LogP contribution in [0.4, 0.5) is 34.9 Å². The minimum Gasteiger partial charge on any atom is -0.497 e. The third-order valence-corrected chi connectivity index (χ3v) is 4.27. The van der Waals surface area contributed by atoms with Gasteiger partial charge in [0.05, 0.1) is 18.4 Å². The number of aliphatic imine (C=N–C) groups is 1. The molecule has 1 unspecified atom stereocenters. The molecule has 1 aromatic carbocycles. The maximum absolute atomic E-state index is 15.0. The van der Waals surface area contributed by atoms with Crippen LogP contribution >= 0.6 is 0 Å². The van der Waals surface area contributed by atoms with Crippen molar-refractivity contribution in [1.29, 1.82) is 10.5 Å². The Bertz CT molecular complexity index is 1150. The van der Waals surface area contributed by atoms with E-state index in [0.29, 0.717) is 6.07 Å². The second-order valence-electron chi connectivity index (χ2n) is 5.98. The predicted octanol–water partition coefficient (Wildman–Crippen LogP) is 2.23. The summed E-state index contributed by atoms with van der Waals surface area (Å²) in [4.78, 5) is 8.00. The number of benzene rings is 1. The number of nitrogen functional groups attached to an aromatic ring is 2. The van der Waals surface area contributed by atoms with Crippen molar-refractivity contribution in [2.45, 2.75) is 12.2 Å². The second kappa shape index (κ2) is 7.29. The minimum atomic E-state index is -5.02. The van der Waals surface area contributed by atoms with Crippen molar-refractivity contribution in [2.24, 2.45) is 4.99 Å². The Labute approximate surface area is 166 Å². The average molecular weight is 420 g/mol. The third kappa shape index (κ3) is 3.33. The number of aromatic nitrogens is 1. The highest BCUT2D eigenvalue weighted by molar-refractivity contribution is 5.98. The summed E-state index contributed by atoms with van der Waals surface area (Å²) in [7, 11) is 1.11. The zero-order valence-corrected chi connectivity index (χ0v) is 15.1. The molecule has 6 N–H and O–H groups in total. The van der Waals surface area contributed by atoms with Crippen molar-refractivity contribution in [2.75, 3.05) is 23.9 Å². The third-order valence-electron chi connectivity index (χ3n) is 4.27. The van der Waals surface area contributed by atoms with Crippen molar-refractivity contribution < 1.29 is 22.3 Å². The van der Waals surface area contributed by atoms with E-state index in [1.54, 1.807) is 12.3 Å². The van der Waals surface area contributed by atoms with E-state index in [0.717, 1.165) is 13.2 Å². The van der Waals surface area contributed by atoms with Gasteiger partial charge in [-0.1, -0.05) is 0 Å². The number of nitriles is 2. The van der Waals surface area contributed by atoms with Gasteiger partial charge >= 0.3 is 6.18 Å². The molecule has 0 amide bonds. The molecule has 1 aliphatic rings. The molecule has 0 fully saturated rings. The quantitative estimate of drug-likeness (QED) is 0.327. The summed E-state index contributed by atoms with van der Waals surface area (Å²) in [6.45, 7) is 0. The van der Waals surface area contributed by atoms with Crippen LogP contribution in [0.5, 0.6) is 5.75 Å². The fraction of sp³-hybridized carbons (Fsp3) is 0.176. The summed E-state index contributed by atoms with van der Waals surface area (Å²) in [5, 5.41) is 22.9. The molecule has 30 heavy (non-hydrogen) atoms. The highest BCUT2D eigenvalue weighted by Crippen LogP contribution is 2.44. The van der Waals surface area contributed by atoms with E-state index < -0.39 is 29.2 Å². The van der Waals surface area contributed by atoms with Gasteiger partial charge in [-0.3, -0.25) is 5.32 Å². The van der Waals surface area contributed by atoms with E-state index in [-0.39, 0.29) is 40.2 Å².